The van der Waals surface area contributed by atoms with Crippen LogP contribution in [0.1, 0.15) is 5.56 Å². The molecule has 15 heavy (non-hydrogen) atoms. The number of carboxylic acids is 1. The predicted molar refractivity (Wildman–Crippen MR) is 54.3 cm³/mol. The fraction of sp³-hybridized carbons (Fsp3) is 0.182. The minimum atomic E-state index is -0.934. The Kier molecular flexibility index (Phi) is 2.19. The summed E-state index contributed by atoms with van der Waals surface area (Å²) in [6.45, 7) is 1.62. The number of hydrogen-bond donors (Lipinski definition) is 1. The third-order valence-corrected chi connectivity index (χ3v) is 2.35. The molecule has 1 heterocycles. The average molecular weight is 207 g/mol. The Bertz CT molecular complexity index is 531. The van der Waals surface area contributed by atoms with Crippen LogP contribution >= 0.6 is 0 Å². The molecular formula is C11H10FNO2. The molecule has 2 rings (SSSR count). The lowest BCUT2D eigenvalue weighted by molar-refractivity contribution is -0.137. The second-order valence-electron chi connectivity index (χ2n) is 3.47. The zero-order valence-electron chi connectivity index (χ0n) is 8.20. The Morgan fingerprint density at radius 3 is 2.93 bits per heavy atom. The molecular weight excluding hydrogens is 197 g/mol. The van der Waals surface area contributed by atoms with Crippen LogP contribution in [-0.4, -0.2) is 15.6 Å². The van der Waals surface area contributed by atoms with Gasteiger partial charge in [0.15, 0.2) is 0 Å². The van der Waals surface area contributed by atoms with Crippen LogP contribution < -0.4 is 0 Å². The van der Waals surface area contributed by atoms with E-state index in [2.05, 4.69) is 0 Å². The van der Waals surface area contributed by atoms with Crippen LogP contribution in [-0.2, 0) is 11.3 Å². The van der Waals surface area contributed by atoms with E-state index in [1.54, 1.807) is 25.3 Å². The molecule has 0 unspecified atom stereocenters. The van der Waals surface area contributed by atoms with Gasteiger partial charge in [-0.15, -0.1) is 0 Å². The van der Waals surface area contributed by atoms with E-state index in [9.17, 15) is 9.18 Å². The number of benzene rings is 1. The first kappa shape index (κ1) is 9.71. The molecule has 3 nitrogen and oxygen atoms in total. The van der Waals surface area contributed by atoms with Crippen molar-refractivity contribution in [2.75, 3.05) is 0 Å². The van der Waals surface area contributed by atoms with Crippen LogP contribution in [0.15, 0.2) is 24.4 Å². The maximum atomic E-state index is 13.4. The molecule has 1 aromatic heterocycles. The largest absolute Gasteiger partial charge is 0.480 e. The lowest BCUT2D eigenvalue weighted by Crippen LogP contribution is -2.07. The highest BCUT2D eigenvalue weighted by atomic mass is 19.1. The molecule has 0 spiro atoms. The van der Waals surface area contributed by atoms with Gasteiger partial charge in [0.05, 0.1) is 5.52 Å². The summed E-state index contributed by atoms with van der Waals surface area (Å²) in [6, 6.07) is 4.67. The van der Waals surface area contributed by atoms with Gasteiger partial charge in [-0.3, -0.25) is 4.79 Å². The standard InChI is InChI=1S/C11H10FNO2/c1-7-5-13(6-10(14)15)9-4-2-3-8(12)11(7)9/h2-5H,6H2,1H3,(H,14,15). The van der Waals surface area contributed by atoms with Crippen LogP contribution in [0.25, 0.3) is 10.9 Å². The van der Waals surface area contributed by atoms with Gasteiger partial charge in [0.2, 0.25) is 0 Å². The fourth-order valence-corrected chi connectivity index (χ4v) is 1.79. The van der Waals surface area contributed by atoms with E-state index in [-0.39, 0.29) is 12.4 Å². The van der Waals surface area contributed by atoms with Crippen LogP contribution in [0.4, 0.5) is 4.39 Å². The van der Waals surface area contributed by atoms with Crippen LogP contribution in [0, 0.1) is 12.7 Å². The summed E-state index contributed by atoms with van der Waals surface area (Å²) in [6.07, 6.45) is 1.65. The van der Waals surface area contributed by atoms with Gasteiger partial charge >= 0.3 is 5.97 Å². The molecule has 0 fully saturated rings. The second kappa shape index (κ2) is 3.38. The maximum Gasteiger partial charge on any atom is 0.323 e. The normalized spacial score (nSPS) is 10.8. The number of carbonyl (C=O) groups is 1. The molecule has 0 amide bonds. The molecule has 0 saturated heterocycles. The summed E-state index contributed by atoms with van der Waals surface area (Å²) in [4.78, 5) is 10.6. The summed E-state index contributed by atoms with van der Waals surface area (Å²) in [5.74, 6) is -1.25. The number of aliphatic carboxylic acids is 1. The van der Waals surface area contributed by atoms with Gasteiger partial charge in [0.25, 0.3) is 0 Å². The number of carboxylic acid groups (broad SMARTS) is 1. The van der Waals surface area contributed by atoms with Gasteiger partial charge in [-0.05, 0) is 24.6 Å². The molecule has 0 aliphatic rings. The topological polar surface area (TPSA) is 42.2 Å². The highest BCUT2D eigenvalue weighted by molar-refractivity contribution is 5.85. The van der Waals surface area contributed by atoms with Crippen molar-refractivity contribution < 1.29 is 14.3 Å². The Morgan fingerprint density at radius 1 is 1.53 bits per heavy atom. The number of aromatic nitrogens is 1. The van der Waals surface area contributed by atoms with Crippen molar-refractivity contribution in [2.24, 2.45) is 0 Å². The van der Waals surface area contributed by atoms with Crippen LogP contribution in [0.3, 0.4) is 0 Å². The Balaban J connectivity index is 2.68. The van der Waals surface area contributed by atoms with Crippen molar-refractivity contribution in [3.8, 4) is 0 Å². The second-order valence-corrected chi connectivity index (χ2v) is 3.47. The van der Waals surface area contributed by atoms with E-state index in [0.29, 0.717) is 10.9 Å². The van der Waals surface area contributed by atoms with E-state index in [0.717, 1.165) is 5.56 Å². The van der Waals surface area contributed by atoms with Crippen molar-refractivity contribution in [2.45, 2.75) is 13.5 Å². The SMILES string of the molecule is Cc1cn(CC(=O)O)c2cccc(F)c12. The molecule has 0 saturated carbocycles. The first-order valence-electron chi connectivity index (χ1n) is 4.55. The molecule has 0 aliphatic carbocycles. The number of rotatable bonds is 2. The van der Waals surface area contributed by atoms with E-state index in [1.807, 2.05) is 0 Å². The van der Waals surface area contributed by atoms with Gasteiger partial charge in [-0.1, -0.05) is 6.07 Å². The minimum absolute atomic E-state index is 0.145. The van der Waals surface area contributed by atoms with Crippen molar-refractivity contribution >= 4 is 16.9 Å². The summed E-state index contributed by atoms with van der Waals surface area (Å²) in [5.41, 5.74) is 1.37. The first-order valence-corrected chi connectivity index (χ1v) is 4.55. The highest BCUT2D eigenvalue weighted by Crippen LogP contribution is 2.23. The molecule has 0 atom stereocenters. The fourth-order valence-electron chi connectivity index (χ4n) is 1.79. The molecule has 4 heteroatoms. The van der Waals surface area contributed by atoms with Gasteiger partial charge in [0.1, 0.15) is 12.4 Å². The molecule has 0 radical (unpaired) electrons. The zero-order chi connectivity index (χ0) is 11.0. The summed E-state index contributed by atoms with van der Waals surface area (Å²) >= 11 is 0. The molecule has 0 bridgehead atoms. The maximum absolute atomic E-state index is 13.4. The summed E-state index contributed by atoms with van der Waals surface area (Å²) in [7, 11) is 0. The Morgan fingerprint density at radius 2 is 2.27 bits per heavy atom. The lowest BCUT2D eigenvalue weighted by atomic mass is 10.2. The quantitative estimate of drug-likeness (QED) is 0.820. The third-order valence-electron chi connectivity index (χ3n) is 2.35. The Labute approximate surface area is 85.7 Å². The molecule has 1 aromatic carbocycles. The van der Waals surface area contributed by atoms with Crippen LogP contribution in [0.2, 0.25) is 0 Å². The van der Waals surface area contributed by atoms with Gasteiger partial charge in [-0.2, -0.15) is 0 Å². The molecule has 1 N–H and O–H groups in total. The predicted octanol–water partition coefficient (Wildman–Crippen LogP) is 2.17. The van der Waals surface area contributed by atoms with Crippen molar-refractivity contribution in [1.29, 1.82) is 0 Å². The molecule has 78 valence electrons. The number of halogens is 1. The molecule has 2 aromatic rings. The van der Waals surface area contributed by atoms with Gasteiger partial charge in [-0.25, -0.2) is 4.39 Å². The average Bonchev–Trinajstić information content (AvgIpc) is 2.44. The van der Waals surface area contributed by atoms with E-state index < -0.39 is 5.97 Å². The number of aryl methyl sites for hydroxylation is 1. The molecule has 0 aliphatic heterocycles. The Hall–Kier alpha value is -1.84. The number of fused-ring (bicyclic) bond motifs is 1. The van der Waals surface area contributed by atoms with Crippen molar-refractivity contribution in [1.82, 2.24) is 4.57 Å². The van der Waals surface area contributed by atoms with Crippen molar-refractivity contribution in [3.63, 3.8) is 0 Å². The summed E-state index contributed by atoms with van der Waals surface area (Å²) in [5, 5.41) is 9.19. The smallest absolute Gasteiger partial charge is 0.323 e. The third kappa shape index (κ3) is 1.58. The number of hydrogen-bond acceptors (Lipinski definition) is 1. The summed E-state index contributed by atoms with van der Waals surface area (Å²) < 4.78 is 15.0. The monoisotopic (exact) mass is 207 g/mol. The minimum Gasteiger partial charge on any atom is -0.480 e. The van der Waals surface area contributed by atoms with E-state index in [4.69, 9.17) is 5.11 Å². The van der Waals surface area contributed by atoms with Crippen molar-refractivity contribution in [3.05, 3.63) is 35.8 Å². The number of nitrogens with zero attached hydrogens (tertiary/aromatic N) is 1. The lowest BCUT2D eigenvalue weighted by Gasteiger charge is -2.00. The first-order chi connectivity index (χ1) is 7.09. The van der Waals surface area contributed by atoms with Gasteiger partial charge < -0.3 is 9.67 Å². The van der Waals surface area contributed by atoms with E-state index in [1.165, 1.54) is 10.6 Å². The zero-order valence-corrected chi connectivity index (χ0v) is 8.20. The highest BCUT2D eigenvalue weighted by Gasteiger charge is 2.10. The van der Waals surface area contributed by atoms with Gasteiger partial charge in [0, 0.05) is 11.6 Å². The van der Waals surface area contributed by atoms with E-state index >= 15 is 0 Å². The van der Waals surface area contributed by atoms with Crippen LogP contribution in [0.5, 0.6) is 0 Å².